The first-order valence-corrected chi connectivity index (χ1v) is 11.8. The Kier molecular flexibility index (Phi) is 11.7. The van der Waals surface area contributed by atoms with Crippen LogP contribution in [0.2, 0.25) is 0 Å². The molecule has 0 spiro atoms. The fourth-order valence-electron chi connectivity index (χ4n) is 2.41. The molecular formula is C19H30IN5O2S2. The van der Waals surface area contributed by atoms with Crippen LogP contribution >= 0.6 is 35.3 Å². The molecule has 1 aromatic heterocycles. The summed E-state index contributed by atoms with van der Waals surface area (Å²) in [7, 11) is -3.38. The molecule has 0 saturated heterocycles. The van der Waals surface area contributed by atoms with E-state index in [4.69, 9.17) is 0 Å². The zero-order valence-corrected chi connectivity index (χ0v) is 21.0. The lowest BCUT2D eigenvalue weighted by Gasteiger charge is -2.11. The smallest absolute Gasteiger partial charge is 0.213 e. The summed E-state index contributed by atoms with van der Waals surface area (Å²) >= 11 is 1.71. The molecule has 0 aliphatic heterocycles. The lowest BCUT2D eigenvalue weighted by molar-refractivity contribution is 0.581. The average Bonchev–Trinajstić information content (AvgIpc) is 2.98. The van der Waals surface area contributed by atoms with E-state index in [1.54, 1.807) is 11.3 Å². The van der Waals surface area contributed by atoms with Crippen LogP contribution < -0.4 is 15.4 Å². The Morgan fingerprint density at radius 1 is 1.17 bits per heavy atom. The van der Waals surface area contributed by atoms with E-state index in [-0.39, 0.29) is 42.8 Å². The fourth-order valence-corrected chi connectivity index (χ4v) is 4.21. The van der Waals surface area contributed by atoms with Crippen molar-refractivity contribution in [2.75, 3.05) is 25.4 Å². The first-order valence-electron chi connectivity index (χ1n) is 9.36. The number of benzene rings is 1. The lowest BCUT2D eigenvalue weighted by atomic mass is 10.2. The molecule has 0 radical (unpaired) electrons. The minimum atomic E-state index is -3.38. The summed E-state index contributed by atoms with van der Waals surface area (Å²) in [5.41, 5.74) is 2.01. The molecule has 0 fully saturated rings. The molecule has 162 valence electrons. The summed E-state index contributed by atoms with van der Waals surface area (Å²) in [4.78, 5) is 10.1. The normalized spacial score (nSPS) is 11.8. The molecule has 0 unspecified atom stereocenters. The summed E-state index contributed by atoms with van der Waals surface area (Å²) < 4.78 is 26.9. The van der Waals surface area contributed by atoms with Crippen molar-refractivity contribution in [3.05, 3.63) is 51.5 Å². The van der Waals surface area contributed by atoms with Gasteiger partial charge < -0.3 is 10.6 Å². The highest BCUT2D eigenvalue weighted by molar-refractivity contribution is 14.0. The minimum Gasteiger partial charge on any atom is -0.357 e. The maximum atomic E-state index is 12.1. The standard InChI is InChI=1S/C19H29N5O2S2.HI/c1-4-20-19(21-11-10-18-24-15(2)16(3)27-18)22-12-13-28(25,26)23-14-17-8-6-5-7-9-17;/h5-9,23H,4,10-14H2,1-3H3,(H2,20,21,22);1H. The van der Waals surface area contributed by atoms with Crippen LogP contribution in [0.15, 0.2) is 35.3 Å². The number of halogens is 1. The molecule has 1 heterocycles. The van der Waals surface area contributed by atoms with Gasteiger partial charge in [-0.25, -0.2) is 18.1 Å². The highest BCUT2D eigenvalue weighted by atomic mass is 127. The van der Waals surface area contributed by atoms with Gasteiger partial charge in [0.15, 0.2) is 5.96 Å². The van der Waals surface area contributed by atoms with Gasteiger partial charge in [0.05, 0.1) is 23.0 Å². The van der Waals surface area contributed by atoms with E-state index in [9.17, 15) is 8.42 Å². The van der Waals surface area contributed by atoms with Gasteiger partial charge in [0.2, 0.25) is 10.0 Å². The molecule has 7 nitrogen and oxygen atoms in total. The van der Waals surface area contributed by atoms with Crippen LogP contribution in [0, 0.1) is 13.8 Å². The predicted molar refractivity (Wildman–Crippen MR) is 132 cm³/mol. The maximum absolute atomic E-state index is 12.1. The number of nitrogens with one attached hydrogen (secondary N) is 3. The maximum Gasteiger partial charge on any atom is 0.213 e. The van der Waals surface area contributed by atoms with E-state index in [0.29, 0.717) is 19.0 Å². The van der Waals surface area contributed by atoms with Gasteiger partial charge in [0.1, 0.15) is 0 Å². The Labute approximate surface area is 194 Å². The number of hydrogen-bond acceptors (Lipinski definition) is 5. The Balaban J connectivity index is 0.00000420. The van der Waals surface area contributed by atoms with Crippen LogP contribution in [0.25, 0.3) is 0 Å². The van der Waals surface area contributed by atoms with Crippen molar-refractivity contribution in [3.63, 3.8) is 0 Å². The molecule has 1 aromatic carbocycles. The van der Waals surface area contributed by atoms with Crippen molar-refractivity contribution in [3.8, 4) is 0 Å². The number of thiazole rings is 1. The number of nitrogens with zero attached hydrogens (tertiary/aromatic N) is 2. The molecule has 0 bridgehead atoms. The summed E-state index contributed by atoms with van der Waals surface area (Å²) in [6.45, 7) is 7.94. The molecule has 0 aliphatic carbocycles. The zero-order valence-electron chi connectivity index (χ0n) is 17.1. The first-order chi connectivity index (χ1) is 13.4. The molecule has 10 heteroatoms. The van der Waals surface area contributed by atoms with Gasteiger partial charge >= 0.3 is 0 Å². The third-order valence-corrected chi connectivity index (χ3v) is 6.45. The van der Waals surface area contributed by atoms with Crippen LogP contribution in [-0.4, -0.2) is 44.7 Å². The van der Waals surface area contributed by atoms with Crippen molar-refractivity contribution in [2.45, 2.75) is 33.7 Å². The topological polar surface area (TPSA) is 95.5 Å². The van der Waals surface area contributed by atoms with Crippen molar-refractivity contribution in [2.24, 2.45) is 4.99 Å². The van der Waals surface area contributed by atoms with E-state index in [0.717, 1.165) is 22.7 Å². The van der Waals surface area contributed by atoms with Gasteiger partial charge in [-0.3, -0.25) is 4.99 Å². The number of aliphatic imine (C=N–C) groups is 1. The number of aryl methyl sites for hydroxylation is 2. The summed E-state index contributed by atoms with van der Waals surface area (Å²) in [5.74, 6) is 0.562. The van der Waals surface area contributed by atoms with E-state index >= 15 is 0 Å². The van der Waals surface area contributed by atoms with Gasteiger partial charge in [0, 0.05) is 30.9 Å². The van der Waals surface area contributed by atoms with Crippen molar-refractivity contribution in [1.29, 1.82) is 0 Å². The highest BCUT2D eigenvalue weighted by Crippen LogP contribution is 2.16. The van der Waals surface area contributed by atoms with Crippen molar-refractivity contribution >= 4 is 51.3 Å². The van der Waals surface area contributed by atoms with E-state index in [1.165, 1.54) is 4.88 Å². The van der Waals surface area contributed by atoms with Gasteiger partial charge in [0.25, 0.3) is 0 Å². The Bertz CT molecular complexity index is 850. The lowest BCUT2D eigenvalue weighted by Crippen LogP contribution is -2.39. The number of aromatic nitrogens is 1. The second-order valence-electron chi connectivity index (χ2n) is 6.31. The monoisotopic (exact) mass is 551 g/mol. The first kappa shape index (κ1) is 25.8. The molecular weight excluding hydrogens is 521 g/mol. The molecule has 0 aliphatic rings. The summed E-state index contributed by atoms with van der Waals surface area (Å²) in [5, 5.41) is 7.46. The van der Waals surface area contributed by atoms with Crippen LogP contribution in [-0.2, 0) is 23.0 Å². The molecule has 29 heavy (non-hydrogen) atoms. The van der Waals surface area contributed by atoms with Crippen LogP contribution in [0.3, 0.4) is 0 Å². The van der Waals surface area contributed by atoms with Crippen LogP contribution in [0.4, 0.5) is 0 Å². The second kappa shape index (κ2) is 13.1. The zero-order chi connectivity index (χ0) is 20.4. The van der Waals surface area contributed by atoms with Crippen molar-refractivity contribution in [1.82, 2.24) is 20.3 Å². The van der Waals surface area contributed by atoms with Crippen LogP contribution in [0.1, 0.15) is 28.1 Å². The molecule has 3 N–H and O–H groups in total. The average molecular weight is 552 g/mol. The Hall–Kier alpha value is -1.24. The molecule has 0 atom stereocenters. The molecule has 2 rings (SSSR count). The molecule has 0 saturated carbocycles. The minimum absolute atomic E-state index is 0. The van der Waals surface area contributed by atoms with Gasteiger partial charge in [-0.1, -0.05) is 30.3 Å². The number of rotatable bonds is 10. The third kappa shape index (κ3) is 9.87. The van der Waals surface area contributed by atoms with Crippen LogP contribution in [0.5, 0.6) is 0 Å². The quantitative estimate of drug-likeness (QED) is 0.240. The summed E-state index contributed by atoms with van der Waals surface area (Å²) in [6, 6.07) is 9.45. The number of guanidine groups is 1. The largest absolute Gasteiger partial charge is 0.357 e. The Morgan fingerprint density at radius 2 is 1.90 bits per heavy atom. The van der Waals surface area contributed by atoms with E-state index in [2.05, 4.69) is 32.3 Å². The molecule has 2 aromatic rings. The number of hydrogen-bond donors (Lipinski definition) is 3. The van der Waals surface area contributed by atoms with Gasteiger partial charge in [-0.2, -0.15) is 0 Å². The predicted octanol–water partition coefficient (Wildman–Crippen LogP) is 2.60. The second-order valence-corrected chi connectivity index (χ2v) is 9.53. The van der Waals surface area contributed by atoms with Gasteiger partial charge in [-0.15, -0.1) is 35.3 Å². The van der Waals surface area contributed by atoms with E-state index < -0.39 is 10.0 Å². The van der Waals surface area contributed by atoms with Gasteiger partial charge in [-0.05, 0) is 26.3 Å². The summed E-state index contributed by atoms with van der Waals surface area (Å²) in [6.07, 6.45) is 0.806. The fraction of sp³-hybridized carbons (Fsp3) is 0.474. The highest BCUT2D eigenvalue weighted by Gasteiger charge is 2.10. The van der Waals surface area contributed by atoms with E-state index in [1.807, 2.05) is 44.2 Å². The number of sulfonamides is 1. The SMILES string of the molecule is CCNC(=NCCS(=O)(=O)NCc1ccccc1)NCCc1nc(C)c(C)s1.I. The molecule has 0 amide bonds. The third-order valence-electron chi connectivity index (χ3n) is 4.02. The Morgan fingerprint density at radius 3 is 2.52 bits per heavy atom. The van der Waals surface area contributed by atoms with Crippen molar-refractivity contribution < 1.29 is 8.42 Å².